The molecule has 4 aromatic rings. The average Bonchev–Trinajstić information content (AvgIpc) is 2.76. The van der Waals surface area contributed by atoms with Crippen molar-refractivity contribution in [1.29, 1.82) is 0 Å². The quantitative estimate of drug-likeness (QED) is 0.456. The number of pyridine rings is 2. The van der Waals surface area contributed by atoms with Gasteiger partial charge in [-0.1, -0.05) is 66.7 Å². The third-order valence-corrected chi connectivity index (χ3v) is 4.67. The van der Waals surface area contributed by atoms with Crippen molar-refractivity contribution in [3.63, 3.8) is 0 Å². The SMILES string of the molecule is O=c1c(N(Cc2ccccc2)Cc2ccccc2)ccc(F)n1-c1ccccn1. The molecular formula is C24H20FN3O. The van der Waals surface area contributed by atoms with E-state index in [0.29, 0.717) is 18.8 Å². The van der Waals surface area contributed by atoms with Crippen LogP contribution in [-0.2, 0) is 13.1 Å². The van der Waals surface area contributed by atoms with Crippen molar-refractivity contribution < 1.29 is 4.39 Å². The molecule has 29 heavy (non-hydrogen) atoms. The van der Waals surface area contributed by atoms with E-state index in [1.165, 1.54) is 6.07 Å². The molecule has 0 N–H and O–H groups in total. The lowest BCUT2D eigenvalue weighted by molar-refractivity contribution is 0.538. The molecule has 0 unspecified atom stereocenters. The van der Waals surface area contributed by atoms with Gasteiger partial charge in [-0.15, -0.1) is 0 Å². The molecule has 5 heteroatoms. The second-order valence-corrected chi connectivity index (χ2v) is 6.70. The average molecular weight is 385 g/mol. The lowest BCUT2D eigenvalue weighted by Crippen LogP contribution is -2.32. The first-order chi connectivity index (χ1) is 14.2. The largest absolute Gasteiger partial charge is 0.358 e. The maximum atomic E-state index is 14.5. The minimum absolute atomic E-state index is 0.260. The third-order valence-electron chi connectivity index (χ3n) is 4.67. The smallest absolute Gasteiger partial charge is 0.282 e. The second kappa shape index (κ2) is 8.52. The second-order valence-electron chi connectivity index (χ2n) is 6.70. The molecule has 0 fully saturated rings. The summed E-state index contributed by atoms with van der Waals surface area (Å²) >= 11 is 0. The van der Waals surface area contributed by atoms with Gasteiger partial charge in [0.25, 0.3) is 5.56 Å². The van der Waals surface area contributed by atoms with E-state index in [0.717, 1.165) is 15.7 Å². The Hall–Kier alpha value is -3.73. The Morgan fingerprint density at radius 2 is 1.34 bits per heavy atom. The van der Waals surface area contributed by atoms with E-state index in [4.69, 9.17) is 0 Å². The van der Waals surface area contributed by atoms with Gasteiger partial charge in [0, 0.05) is 19.3 Å². The van der Waals surface area contributed by atoms with Crippen LogP contribution in [0.4, 0.5) is 10.1 Å². The first-order valence-corrected chi connectivity index (χ1v) is 9.38. The minimum Gasteiger partial charge on any atom is -0.358 e. The topological polar surface area (TPSA) is 38.1 Å². The number of hydrogen-bond acceptors (Lipinski definition) is 3. The van der Waals surface area contributed by atoms with Gasteiger partial charge >= 0.3 is 0 Å². The summed E-state index contributed by atoms with van der Waals surface area (Å²) in [6.07, 6.45) is 1.54. The lowest BCUT2D eigenvalue weighted by atomic mass is 10.1. The Labute approximate surface area is 168 Å². The maximum absolute atomic E-state index is 14.5. The van der Waals surface area contributed by atoms with Crippen LogP contribution in [0.1, 0.15) is 11.1 Å². The number of hydrogen-bond donors (Lipinski definition) is 0. The zero-order valence-corrected chi connectivity index (χ0v) is 15.8. The van der Waals surface area contributed by atoms with Crippen molar-refractivity contribution in [3.05, 3.63) is 125 Å². The summed E-state index contributed by atoms with van der Waals surface area (Å²) in [4.78, 5) is 19.4. The zero-order chi connectivity index (χ0) is 20.1. The molecule has 0 aliphatic rings. The highest BCUT2D eigenvalue weighted by Gasteiger charge is 2.17. The van der Waals surface area contributed by atoms with Gasteiger partial charge in [0.15, 0.2) is 0 Å². The zero-order valence-electron chi connectivity index (χ0n) is 15.8. The number of aromatic nitrogens is 2. The molecule has 4 nitrogen and oxygen atoms in total. The van der Waals surface area contributed by atoms with Crippen molar-refractivity contribution in [3.8, 4) is 5.82 Å². The van der Waals surface area contributed by atoms with Crippen LogP contribution in [0.3, 0.4) is 0 Å². The van der Waals surface area contributed by atoms with Crippen LogP contribution in [0.5, 0.6) is 0 Å². The molecule has 0 bridgehead atoms. The number of nitrogens with zero attached hydrogens (tertiary/aromatic N) is 3. The van der Waals surface area contributed by atoms with Crippen LogP contribution < -0.4 is 10.5 Å². The van der Waals surface area contributed by atoms with Crippen LogP contribution in [-0.4, -0.2) is 9.55 Å². The summed E-state index contributed by atoms with van der Waals surface area (Å²) < 4.78 is 15.6. The molecule has 0 aliphatic carbocycles. The van der Waals surface area contributed by atoms with Gasteiger partial charge in [0.2, 0.25) is 5.95 Å². The van der Waals surface area contributed by atoms with Crippen LogP contribution in [0.2, 0.25) is 0 Å². The molecule has 2 aromatic carbocycles. The first kappa shape index (κ1) is 18.6. The van der Waals surface area contributed by atoms with Gasteiger partial charge in [-0.2, -0.15) is 4.39 Å². The fourth-order valence-electron chi connectivity index (χ4n) is 3.28. The van der Waals surface area contributed by atoms with E-state index in [2.05, 4.69) is 4.98 Å². The van der Waals surface area contributed by atoms with E-state index in [9.17, 15) is 9.18 Å². The van der Waals surface area contributed by atoms with Crippen LogP contribution >= 0.6 is 0 Å². The fourth-order valence-corrected chi connectivity index (χ4v) is 3.28. The Kier molecular flexibility index (Phi) is 5.47. The van der Waals surface area contributed by atoms with Crippen LogP contribution in [0.25, 0.3) is 5.82 Å². The lowest BCUT2D eigenvalue weighted by Gasteiger charge is -2.25. The molecule has 144 valence electrons. The van der Waals surface area contributed by atoms with Crippen LogP contribution in [0, 0.1) is 5.95 Å². The molecule has 0 atom stereocenters. The summed E-state index contributed by atoms with van der Waals surface area (Å²) in [6.45, 7) is 1.05. The maximum Gasteiger partial charge on any atom is 0.282 e. The standard InChI is InChI=1S/C24H20FN3O/c25-22-15-14-21(24(29)28(22)23-13-7-8-16-26-23)27(17-19-9-3-1-4-10-19)18-20-11-5-2-6-12-20/h1-16H,17-18H2. The molecule has 0 saturated carbocycles. The summed E-state index contributed by atoms with van der Waals surface area (Å²) in [5, 5.41) is 0. The summed E-state index contributed by atoms with van der Waals surface area (Å²) in [5.41, 5.74) is 2.12. The van der Waals surface area contributed by atoms with E-state index in [1.807, 2.05) is 65.6 Å². The van der Waals surface area contributed by atoms with E-state index in [-0.39, 0.29) is 5.82 Å². The molecule has 0 spiro atoms. The first-order valence-electron chi connectivity index (χ1n) is 9.38. The van der Waals surface area contributed by atoms with Gasteiger partial charge in [0.1, 0.15) is 11.5 Å². The Balaban J connectivity index is 1.79. The van der Waals surface area contributed by atoms with Gasteiger partial charge in [-0.3, -0.25) is 4.79 Å². The fraction of sp³-hybridized carbons (Fsp3) is 0.0833. The predicted molar refractivity (Wildman–Crippen MR) is 113 cm³/mol. The number of halogens is 1. The Morgan fingerprint density at radius 1 is 0.759 bits per heavy atom. The molecule has 2 aromatic heterocycles. The van der Waals surface area contributed by atoms with E-state index in [1.54, 1.807) is 30.5 Å². The molecule has 0 radical (unpaired) electrons. The summed E-state index contributed by atoms with van der Waals surface area (Å²) in [7, 11) is 0. The van der Waals surface area contributed by atoms with Crippen molar-refractivity contribution in [2.45, 2.75) is 13.1 Å². The van der Waals surface area contributed by atoms with Gasteiger partial charge in [-0.05, 0) is 35.4 Å². The predicted octanol–water partition coefficient (Wildman–Crippen LogP) is 4.58. The van der Waals surface area contributed by atoms with Crippen molar-refractivity contribution in [1.82, 2.24) is 9.55 Å². The Morgan fingerprint density at radius 3 is 1.90 bits per heavy atom. The third kappa shape index (κ3) is 4.24. The highest BCUT2D eigenvalue weighted by Crippen LogP contribution is 2.18. The monoisotopic (exact) mass is 385 g/mol. The normalized spacial score (nSPS) is 10.7. The van der Waals surface area contributed by atoms with E-state index >= 15 is 0 Å². The highest BCUT2D eigenvalue weighted by molar-refractivity contribution is 5.47. The van der Waals surface area contributed by atoms with Crippen molar-refractivity contribution in [2.75, 3.05) is 4.90 Å². The van der Waals surface area contributed by atoms with Gasteiger partial charge in [0.05, 0.1) is 0 Å². The molecule has 4 rings (SSSR count). The highest BCUT2D eigenvalue weighted by atomic mass is 19.1. The number of anilines is 1. The molecule has 0 saturated heterocycles. The van der Waals surface area contributed by atoms with Gasteiger partial charge < -0.3 is 4.90 Å². The minimum atomic E-state index is -0.642. The summed E-state index contributed by atoms with van der Waals surface area (Å²) in [6, 6.07) is 27.8. The van der Waals surface area contributed by atoms with Crippen molar-refractivity contribution in [2.24, 2.45) is 0 Å². The van der Waals surface area contributed by atoms with Crippen LogP contribution in [0.15, 0.2) is 102 Å². The molecule has 2 heterocycles. The molecule has 0 aliphatic heterocycles. The Bertz CT molecular complexity index is 1090. The summed E-state index contributed by atoms with van der Waals surface area (Å²) in [5.74, 6) is -0.381. The van der Waals surface area contributed by atoms with Gasteiger partial charge in [-0.25, -0.2) is 9.55 Å². The number of rotatable bonds is 6. The molecular weight excluding hydrogens is 365 g/mol. The van der Waals surface area contributed by atoms with Crippen molar-refractivity contribution >= 4 is 5.69 Å². The number of benzene rings is 2. The molecule has 0 amide bonds. The van der Waals surface area contributed by atoms with E-state index < -0.39 is 11.5 Å².